The van der Waals surface area contributed by atoms with Crippen LogP contribution in [0.15, 0.2) is 30.5 Å². The number of pyridine rings is 1. The van der Waals surface area contributed by atoms with E-state index in [1.807, 2.05) is 6.07 Å². The van der Waals surface area contributed by atoms with Crippen molar-refractivity contribution < 1.29 is 9.90 Å². The number of unbranched alkanes of at least 4 members (excludes halogenated alkanes) is 1. The molecule has 1 amide bonds. The minimum atomic E-state index is -0.944. The lowest BCUT2D eigenvalue weighted by Crippen LogP contribution is -2.31. The maximum Gasteiger partial charge on any atom is 0.411 e. The van der Waals surface area contributed by atoms with E-state index in [0.717, 1.165) is 37.9 Å². The maximum atomic E-state index is 11.7. The molecule has 24 heavy (non-hydrogen) atoms. The summed E-state index contributed by atoms with van der Waals surface area (Å²) in [6.45, 7) is 7.79. The van der Waals surface area contributed by atoms with Gasteiger partial charge in [-0.3, -0.25) is 9.88 Å². The Kier molecular flexibility index (Phi) is 6.82. The average Bonchev–Trinajstić information content (AvgIpc) is 2.57. The van der Waals surface area contributed by atoms with Gasteiger partial charge in [0.05, 0.1) is 11.2 Å². The van der Waals surface area contributed by atoms with Crippen LogP contribution < -0.4 is 4.90 Å². The number of amides is 1. The summed E-state index contributed by atoms with van der Waals surface area (Å²) < 4.78 is 0. The van der Waals surface area contributed by atoms with E-state index >= 15 is 0 Å². The number of rotatable bonds is 8. The van der Waals surface area contributed by atoms with Crippen LogP contribution >= 0.6 is 11.6 Å². The number of anilines is 1. The van der Waals surface area contributed by atoms with Gasteiger partial charge in [0.2, 0.25) is 0 Å². The molecule has 0 bridgehead atoms. The molecule has 0 radical (unpaired) electrons. The number of nitrogens with zero attached hydrogens (tertiary/aromatic N) is 3. The molecule has 1 heterocycles. The number of hydrogen-bond donors (Lipinski definition) is 1. The molecule has 0 aliphatic carbocycles. The van der Waals surface area contributed by atoms with E-state index in [9.17, 15) is 9.90 Å². The normalized spacial score (nSPS) is 11.2. The summed E-state index contributed by atoms with van der Waals surface area (Å²) in [4.78, 5) is 19.7. The lowest BCUT2D eigenvalue weighted by molar-refractivity contribution is 0.201. The van der Waals surface area contributed by atoms with Crippen LogP contribution in [-0.4, -0.2) is 47.3 Å². The van der Waals surface area contributed by atoms with Crippen molar-refractivity contribution in [1.82, 2.24) is 9.88 Å². The average molecular weight is 350 g/mol. The predicted octanol–water partition coefficient (Wildman–Crippen LogP) is 4.49. The minimum absolute atomic E-state index is 0.471. The Morgan fingerprint density at radius 3 is 2.54 bits per heavy atom. The molecule has 2 rings (SSSR count). The van der Waals surface area contributed by atoms with Crippen molar-refractivity contribution in [2.45, 2.75) is 26.7 Å². The summed E-state index contributed by atoms with van der Waals surface area (Å²) in [5.41, 5.74) is 1.36. The summed E-state index contributed by atoms with van der Waals surface area (Å²) in [5, 5.41) is 11.0. The molecule has 1 N–H and O–H groups in total. The summed E-state index contributed by atoms with van der Waals surface area (Å²) >= 11 is 6.00. The number of carbonyl (C=O) groups is 1. The first-order valence-electron chi connectivity index (χ1n) is 8.33. The highest BCUT2D eigenvalue weighted by Crippen LogP contribution is 2.27. The van der Waals surface area contributed by atoms with Crippen LogP contribution in [0, 0.1) is 0 Å². The van der Waals surface area contributed by atoms with Gasteiger partial charge in [0.1, 0.15) is 0 Å². The molecular formula is C18H24ClN3O2. The Balaban J connectivity index is 2.12. The lowest BCUT2D eigenvalue weighted by atomic mass is 10.1. The Bertz CT molecular complexity index is 689. The molecular weight excluding hydrogens is 326 g/mol. The first kappa shape index (κ1) is 18.5. The Labute approximate surface area is 147 Å². The van der Waals surface area contributed by atoms with Crippen molar-refractivity contribution in [2.24, 2.45) is 0 Å². The van der Waals surface area contributed by atoms with Crippen LogP contribution in [0.1, 0.15) is 26.7 Å². The van der Waals surface area contributed by atoms with E-state index in [2.05, 4.69) is 23.7 Å². The highest BCUT2D eigenvalue weighted by molar-refractivity contribution is 6.31. The van der Waals surface area contributed by atoms with Crippen molar-refractivity contribution in [2.75, 3.05) is 31.1 Å². The Hall–Kier alpha value is -1.85. The van der Waals surface area contributed by atoms with Gasteiger partial charge in [-0.15, -0.1) is 0 Å². The molecule has 1 aromatic heterocycles. The smallest absolute Gasteiger partial charge is 0.411 e. The topological polar surface area (TPSA) is 56.7 Å². The van der Waals surface area contributed by atoms with E-state index in [1.54, 1.807) is 24.4 Å². The summed E-state index contributed by atoms with van der Waals surface area (Å²) in [7, 11) is 0. The second kappa shape index (κ2) is 8.85. The van der Waals surface area contributed by atoms with Crippen LogP contribution in [0.4, 0.5) is 10.5 Å². The zero-order chi connectivity index (χ0) is 17.5. The SMILES string of the molecule is CCN(CC)CCCCN(C(=O)O)c1ccnc2cc(Cl)ccc12. The minimum Gasteiger partial charge on any atom is -0.465 e. The molecule has 2 aromatic rings. The van der Waals surface area contributed by atoms with Crippen LogP contribution in [0.25, 0.3) is 10.9 Å². The zero-order valence-electron chi connectivity index (χ0n) is 14.2. The number of carboxylic acid groups (broad SMARTS) is 1. The van der Waals surface area contributed by atoms with Crippen molar-refractivity contribution in [3.05, 3.63) is 35.5 Å². The van der Waals surface area contributed by atoms with Gasteiger partial charge < -0.3 is 10.0 Å². The maximum absolute atomic E-state index is 11.7. The fourth-order valence-corrected chi connectivity index (χ4v) is 2.97. The largest absolute Gasteiger partial charge is 0.465 e. The summed E-state index contributed by atoms with van der Waals surface area (Å²) in [5.74, 6) is 0. The number of aromatic nitrogens is 1. The molecule has 6 heteroatoms. The zero-order valence-corrected chi connectivity index (χ0v) is 15.0. The third-order valence-electron chi connectivity index (χ3n) is 4.20. The van der Waals surface area contributed by atoms with Crippen molar-refractivity contribution >= 4 is 34.3 Å². The van der Waals surface area contributed by atoms with Crippen LogP contribution in [0.2, 0.25) is 5.02 Å². The third-order valence-corrected chi connectivity index (χ3v) is 4.44. The van der Waals surface area contributed by atoms with E-state index in [1.165, 1.54) is 4.90 Å². The molecule has 0 atom stereocenters. The van der Waals surface area contributed by atoms with Crippen molar-refractivity contribution in [3.8, 4) is 0 Å². The van der Waals surface area contributed by atoms with Gasteiger partial charge in [-0.1, -0.05) is 25.4 Å². The van der Waals surface area contributed by atoms with Crippen LogP contribution in [-0.2, 0) is 0 Å². The highest BCUT2D eigenvalue weighted by Gasteiger charge is 2.17. The number of benzene rings is 1. The molecule has 0 aliphatic rings. The van der Waals surface area contributed by atoms with Crippen LogP contribution in [0.5, 0.6) is 0 Å². The third kappa shape index (κ3) is 4.58. The summed E-state index contributed by atoms with van der Waals surface area (Å²) in [6.07, 6.45) is 2.47. The van der Waals surface area contributed by atoms with Gasteiger partial charge in [-0.25, -0.2) is 4.79 Å². The molecule has 5 nitrogen and oxygen atoms in total. The molecule has 0 fully saturated rings. The van der Waals surface area contributed by atoms with Gasteiger partial charge in [0.25, 0.3) is 0 Å². The Morgan fingerprint density at radius 1 is 1.17 bits per heavy atom. The van der Waals surface area contributed by atoms with Gasteiger partial charge in [0.15, 0.2) is 0 Å². The Morgan fingerprint density at radius 2 is 1.88 bits per heavy atom. The molecule has 0 spiro atoms. The summed E-state index contributed by atoms with van der Waals surface area (Å²) in [6, 6.07) is 7.08. The first-order chi connectivity index (χ1) is 11.6. The monoisotopic (exact) mass is 349 g/mol. The molecule has 0 aliphatic heterocycles. The van der Waals surface area contributed by atoms with Gasteiger partial charge in [-0.05, 0) is 56.7 Å². The number of hydrogen-bond acceptors (Lipinski definition) is 3. The van der Waals surface area contributed by atoms with Gasteiger partial charge >= 0.3 is 6.09 Å². The van der Waals surface area contributed by atoms with Gasteiger partial charge in [0, 0.05) is 23.2 Å². The fraction of sp³-hybridized carbons (Fsp3) is 0.444. The van der Waals surface area contributed by atoms with E-state index in [0.29, 0.717) is 22.8 Å². The van der Waals surface area contributed by atoms with E-state index in [4.69, 9.17) is 11.6 Å². The second-order valence-electron chi connectivity index (χ2n) is 5.66. The number of fused-ring (bicyclic) bond motifs is 1. The van der Waals surface area contributed by atoms with E-state index < -0.39 is 6.09 Å². The molecule has 0 saturated carbocycles. The fourth-order valence-electron chi connectivity index (χ4n) is 2.81. The lowest BCUT2D eigenvalue weighted by Gasteiger charge is -2.22. The molecule has 0 unspecified atom stereocenters. The predicted molar refractivity (Wildman–Crippen MR) is 99.1 cm³/mol. The van der Waals surface area contributed by atoms with Crippen molar-refractivity contribution in [3.63, 3.8) is 0 Å². The highest BCUT2D eigenvalue weighted by atomic mass is 35.5. The molecule has 130 valence electrons. The van der Waals surface area contributed by atoms with E-state index in [-0.39, 0.29) is 0 Å². The van der Waals surface area contributed by atoms with Gasteiger partial charge in [-0.2, -0.15) is 0 Å². The second-order valence-corrected chi connectivity index (χ2v) is 6.10. The molecule has 1 aromatic carbocycles. The first-order valence-corrected chi connectivity index (χ1v) is 8.71. The standard InChI is InChI=1S/C18H24ClN3O2/c1-3-21(4-2)11-5-6-12-22(18(23)24)17-9-10-20-16-13-14(19)7-8-15(16)17/h7-10,13H,3-6,11-12H2,1-2H3,(H,23,24). The molecule has 0 saturated heterocycles. The number of halogens is 1. The van der Waals surface area contributed by atoms with Crippen molar-refractivity contribution in [1.29, 1.82) is 0 Å². The van der Waals surface area contributed by atoms with Crippen LogP contribution in [0.3, 0.4) is 0 Å². The quantitative estimate of drug-likeness (QED) is 0.713.